The van der Waals surface area contributed by atoms with Gasteiger partial charge in [0.1, 0.15) is 11.3 Å². The largest absolute Gasteiger partial charge is 0.484 e. The van der Waals surface area contributed by atoms with Gasteiger partial charge in [-0.25, -0.2) is 4.79 Å². The smallest absolute Gasteiger partial charge is 0.336 e. The normalized spacial score (nSPS) is 14.9. The van der Waals surface area contributed by atoms with Crippen LogP contribution >= 0.6 is 12.4 Å². The van der Waals surface area contributed by atoms with E-state index in [0.29, 0.717) is 17.9 Å². The Bertz CT molecular complexity index is 723. The molecule has 1 amide bonds. The molecule has 1 aliphatic rings. The van der Waals surface area contributed by atoms with Crippen molar-refractivity contribution in [3.63, 3.8) is 0 Å². The van der Waals surface area contributed by atoms with Gasteiger partial charge in [0.15, 0.2) is 6.61 Å². The Balaban J connectivity index is 0.00000192. The van der Waals surface area contributed by atoms with Crippen LogP contribution in [-0.2, 0) is 4.79 Å². The first kappa shape index (κ1) is 17.3. The number of ether oxygens (including phenoxy) is 1. The second kappa shape index (κ2) is 7.99. The molecule has 1 aromatic carbocycles. The summed E-state index contributed by atoms with van der Waals surface area (Å²) in [6.07, 6.45) is 0.951. The zero-order chi connectivity index (χ0) is 15.4. The Kier molecular flexibility index (Phi) is 6.01. The van der Waals surface area contributed by atoms with Crippen molar-refractivity contribution in [2.45, 2.75) is 6.42 Å². The fourth-order valence-electron chi connectivity index (χ4n) is 2.46. The minimum absolute atomic E-state index is 0. The molecular formula is C16H19ClN2O4. The van der Waals surface area contributed by atoms with Crippen molar-refractivity contribution in [2.24, 2.45) is 0 Å². The highest BCUT2D eigenvalue weighted by Crippen LogP contribution is 2.19. The lowest BCUT2D eigenvalue weighted by molar-refractivity contribution is -0.133. The van der Waals surface area contributed by atoms with Crippen LogP contribution in [0.3, 0.4) is 0 Å². The van der Waals surface area contributed by atoms with Crippen LogP contribution in [0.4, 0.5) is 0 Å². The molecule has 1 aromatic heterocycles. The van der Waals surface area contributed by atoms with Gasteiger partial charge in [0, 0.05) is 37.2 Å². The molecule has 124 valence electrons. The summed E-state index contributed by atoms with van der Waals surface area (Å²) < 4.78 is 10.6. The second-order valence-electron chi connectivity index (χ2n) is 5.23. The summed E-state index contributed by atoms with van der Waals surface area (Å²) >= 11 is 0. The number of nitrogens with zero attached hydrogens (tertiary/aromatic N) is 1. The van der Waals surface area contributed by atoms with Crippen molar-refractivity contribution in [1.29, 1.82) is 0 Å². The van der Waals surface area contributed by atoms with Crippen LogP contribution in [0.5, 0.6) is 5.75 Å². The van der Waals surface area contributed by atoms with E-state index in [0.717, 1.165) is 31.4 Å². The molecular weight excluding hydrogens is 320 g/mol. The monoisotopic (exact) mass is 338 g/mol. The van der Waals surface area contributed by atoms with E-state index < -0.39 is 5.63 Å². The van der Waals surface area contributed by atoms with Gasteiger partial charge in [-0.3, -0.25) is 4.79 Å². The van der Waals surface area contributed by atoms with E-state index in [2.05, 4.69) is 5.32 Å². The Morgan fingerprint density at radius 1 is 1.22 bits per heavy atom. The lowest BCUT2D eigenvalue weighted by Crippen LogP contribution is -2.37. The van der Waals surface area contributed by atoms with E-state index in [9.17, 15) is 9.59 Å². The van der Waals surface area contributed by atoms with Crippen LogP contribution in [0.2, 0.25) is 0 Å². The predicted molar refractivity (Wildman–Crippen MR) is 89.3 cm³/mol. The number of carbonyl (C=O) groups excluding carboxylic acids is 1. The highest BCUT2D eigenvalue weighted by molar-refractivity contribution is 5.85. The van der Waals surface area contributed by atoms with Crippen molar-refractivity contribution in [3.05, 3.63) is 40.8 Å². The third-order valence-corrected chi connectivity index (χ3v) is 3.65. The number of amides is 1. The molecule has 2 aromatic rings. The lowest BCUT2D eigenvalue weighted by atomic mass is 10.2. The van der Waals surface area contributed by atoms with Crippen molar-refractivity contribution in [3.8, 4) is 5.75 Å². The van der Waals surface area contributed by atoms with Crippen molar-refractivity contribution < 1.29 is 13.9 Å². The third kappa shape index (κ3) is 4.46. The van der Waals surface area contributed by atoms with Crippen LogP contribution in [0, 0.1) is 0 Å². The summed E-state index contributed by atoms with van der Waals surface area (Å²) in [7, 11) is 0. The van der Waals surface area contributed by atoms with Crippen molar-refractivity contribution >= 4 is 29.3 Å². The van der Waals surface area contributed by atoms with Crippen molar-refractivity contribution in [2.75, 3.05) is 32.8 Å². The molecule has 0 unspecified atom stereocenters. The molecule has 3 rings (SSSR count). The Labute approximate surface area is 139 Å². The van der Waals surface area contributed by atoms with Crippen LogP contribution in [-0.4, -0.2) is 43.6 Å². The molecule has 0 radical (unpaired) electrons. The molecule has 1 fully saturated rings. The van der Waals surface area contributed by atoms with Gasteiger partial charge in [-0.05, 0) is 31.2 Å². The molecule has 6 nitrogen and oxygen atoms in total. The van der Waals surface area contributed by atoms with E-state index in [-0.39, 0.29) is 24.9 Å². The summed E-state index contributed by atoms with van der Waals surface area (Å²) in [5.41, 5.74) is 0.0502. The molecule has 2 heterocycles. The number of rotatable bonds is 3. The Morgan fingerprint density at radius 3 is 2.91 bits per heavy atom. The molecule has 1 saturated heterocycles. The maximum atomic E-state index is 12.1. The van der Waals surface area contributed by atoms with Gasteiger partial charge in [-0.1, -0.05) is 0 Å². The lowest BCUT2D eigenvalue weighted by Gasteiger charge is -2.20. The average Bonchev–Trinajstić information content (AvgIpc) is 2.81. The predicted octanol–water partition coefficient (Wildman–Crippen LogP) is 1.42. The summed E-state index contributed by atoms with van der Waals surface area (Å²) in [6, 6.07) is 8.27. The third-order valence-electron chi connectivity index (χ3n) is 3.65. The number of fused-ring (bicyclic) bond motifs is 1. The van der Waals surface area contributed by atoms with Crippen LogP contribution < -0.4 is 15.7 Å². The number of carbonyl (C=O) groups is 1. The summed E-state index contributed by atoms with van der Waals surface area (Å²) in [4.78, 5) is 25.2. The van der Waals surface area contributed by atoms with Crippen LogP contribution in [0.15, 0.2) is 39.5 Å². The molecule has 0 atom stereocenters. The number of nitrogens with one attached hydrogen (secondary N) is 1. The van der Waals surface area contributed by atoms with E-state index >= 15 is 0 Å². The zero-order valence-electron chi connectivity index (χ0n) is 12.6. The van der Waals surface area contributed by atoms with E-state index in [1.807, 2.05) is 0 Å². The van der Waals surface area contributed by atoms with Crippen molar-refractivity contribution in [1.82, 2.24) is 10.2 Å². The standard InChI is InChI=1S/C16H18N2O4.ClH/c19-15(18-8-1-6-17-7-9-18)11-21-13-4-2-12-3-5-16(20)22-14(12)10-13;/h2-5,10,17H,1,6-9,11H2;1H. The van der Waals surface area contributed by atoms with Gasteiger partial charge in [-0.15, -0.1) is 12.4 Å². The van der Waals surface area contributed by atoms with Gasteiger partial charge in [0.25, 0.3) is 5.91 Å². The van der Waals surface area contributed by atoms with E-state index in [1.54, 1.807) is 29.2 Å². The first-order valence-corrected chi connectivity index (χ1v) is 7.37. The molecule has 0 bridgehead atoms. The molecule has 0 aliphatic carbocycles. The van der Waals surface area contributed by atoms with Gasteiger partial charge < -0.3 is 19.4 Å². The second-order valence-corrected chi connectivity index (χ2v) is 5.23. The Hall–Kier alpha value is -2.05. The van der Waals surface area contributed by atoms with Crippen LogP contribution in [0.25, 0.3) is 11.0 Å². The molecule has 1 aliphatic heterocycles. The highest BCUT2D eigenvalue weighted by atomic mass is 35.5. The summed E-state index contributed by atoms with van der Waals surface area (Å²) in [6.45, 7) is 3.19. The quantitative estimate of drug-likeness (QED) is 0.857. The minimum atomic E-state index is -0.405. The fourth-order valence-corrected chi connectivity index (χ4v) is 2.46. The zero-order valence-corrected chi connectivity index (χ0v) is 13.4. The first-order valence-electron chi connectivity index (χ1n) is 7.37. The molecule has 0 spiro atoms. The summed E-state index contributed by atoms with van der Waals surface area (Å²) in [5.74, 6) is 0.487. The van der Waals surface area contributed by atoms with E-state index in [4.69, 9.17) is 9.15 Å². The first-order chi connectivity index (χ1) is 10.7. The molecule has 23 heavy (non-hydrogen) atoms. The molecule has 7 heteroatoms. The minimum Gasteiger partial charge on any atom is -0.484 e. The van der Waals surface area contributed by atoms with Gasteiger partial charge in [0.2, 0.25) is 0 Å². The topological polar surface area (TPSA) is 71.8 Å². The highest BCUT2D eigenvalue weighted by Gasteiger charge is 2.15. The van der Waals surface area contributed by atoms with Gasteiger partial charge in [0.05, 0.1) is 0 Å². The maximum Gasteiger partial charge on any atom is 0.336 e. The number of halogens is 1. The fraction of sp³-hybridized carbons (Fsp3) is 0.375. The van der Waals surface area contributed by atoms with Gasteiger partial charge >= 0.3 is 5.63 Å². The maximum absolute atomic E-state index is 12.1. The number of hydrogen-bond acceptors (Lipinski definition) is 5. The molecule has 1 N–H and O–H groups in total. The van der Waals surface area contributed by atoms with Crippen LogP contribution in [0.1, 0.15) is 6.42 Å². The van der Waals surface area contributed by atoms with Gasteiger partial charge in [-0.2, -0.15) is 0 Å². The van der Waals surface area contributed by atoms with E-state index in [1.165, 1.54) is 6.07 Å². The molecule has 0 saturated carbocycles. The number of hydrogen-bond donors (Lipinski definition) is 1. The summed E-state index contributed by atoms with van der Waals surface area (Å²) in [5, 5.41) is 4.07. The SMILES string of the molecule is Cl.O=C(COc1ccc2ccc(=O)oc2c1)N1CCCNCC1. The number of benzene rings is 1. The Morgan fingerprint density at radius 2 is 2.04 bits per heavy atom. The average molecular weight is 339 g/mol.